The van der Waals surface area contributed by atoms with E-state index < -0.39 is 5.97 Å². The molecule has 1 aromatic heterocycles. The van der Waals surface area contributed by atoms with Gasteiger partial charge >= 0.3 is 5.97 Å². The SMILES string of the molecule is CCCCCc1c(C(=O)O)ccc2oc3c(SC)cc(O)cc3c(=O)c12. The molecule has 0 spiro atoms. The third-order valence-electron chi connectivity index (χ3n) is 4.48. The zero-order valence-electron chi connectivity index (χ0n) is 14.7. The number of carboxylic acids is 1. The molecule has 0 unspecified atom stereocenters. The number of rotatable bonds is 6. The first-order valence-electron chi connectivity index (χ1n) is 8.50. The van der Waals surface area contributed by atoms with E-state index >= 15 is 0 Å². The molecule has 0 saturated heterocycles. The minimum atomic E-state index is -1.06. The number of aromatic hydroxyl groups is 1. The maximum absolute atomic E-state index is 13.2. The van der Waals surface area contributed by atoms with Crippen LogP contribution in [0.2, 0.25) is 0 Å². The molecule has 0 saturated carbocycles. The lowest BCUT2D eigenvalue weighted by atomic mass is 9.96. The minimum Gasteiger partial charge on any atom is -0.508 e. The molecule has 5 nitrogen and oxygen atoms in total. The molecule has 0 radical (unpaired) electrons. The number of carboxylic acid groups (broad SMARTS) is 1. The number of benzene rings is 2. The largest absolute Gasteiger partial charge is 0.508 e. The first-order chi connectivity index (χ1) is 12.5. The van der Waals surface area contributed by atoms with E-state index in [4.69, 9.17) is 4.42 Å². The van der Waals surface area contributed by atoms with Crippen molar-refractivity contribution in [2.75, 3.05) is 6.26 Å². The van der Waals surface area contributed by atoms with Crippen LogP contribution in [0, 0.1) is 0 Å². The van der Waals surface area contributed by atoms with Crippen LogP contribution in [0.4, 0.5) is 0 Å². The Morgan fingerprint density at radius 2 is 2.00 bits per heavy atom. The number of unbranched alkanes of at least 4 members (excludes halogenated alkanes) is 2. The topological polar surface area (TPSA) is 87.7 Å². The van der Waals surface area contributed by atoms with Gasteiger partial charge in [-0.25, -0.2) is 4.79 Å². The average Bonchev–Trinajstić information content (AvgIpc) is 2.61. The molecule has 0 bridgehead atoms. The molecule has 2 aromatic carbocycles. The summed E-state index contributed by atoms with van der Waals surface area (Å²) in [6.07, 6.45) is 5.07. The van der Waals surface area contributed by atoms with Crippen LogP contribution < -0.4 is 5.43 Å². The first kappa shape index (κ1) is 18.3. The summed E-state index contributed by atoms with van der Waals surface area (Å²) < 4.78 is 5.96. The fourth-order valence-electron chi connectivity index (χ4n) is 3.23. The Bertz CT molecular complexity index is 1050. The molecule has 3 aromatic rings. The molecular weight excluding hydrogens is 352 g/mol. The van der Waals surface area contributed by atoms with E-state index in [1.165, 1.54) is 23.9 Å². The Morgan fingerprint density at radius 3 is 2.65 bits per heavy atom. The minimum absolute atomic E-state index is 0.0181. The van der Waals surface area contributed by atoms with Gasteiger partial charge in [0.2, 0.25) is 5.43 Å². The second-order valence-corrected chi connectivity index (χ2v) is 7.03. The normalized spacial score (nSPS) is 11.3. The zero-order chi connectivity index (χ0) is 18.8. The standard InChI is InChI=1S/C20H20O5S/c1-3-4-5-6-12-13(20(23)24)7-8-15-17(12)18(22)14-9-11(21)10-16(26-2)19(14)25-15/h7-10,21H,3-6H2,1-2H3,(H,23,24). The van der Waals surface area contributed by atoms with Crippen molar-refractivity contribution in [2.45, 2.75) is 37.5 Å². The van der Waals surface area contributed by atoms with Crippen LogP contribution in [0.3, 0.4) is 0 Å². The number of hydrogen-bond acceptors (Lipinski definition) is 5. The first-order valence-corrected chi connectivity index (χ1v) is 9.73. The Balaban J connectivity index is 2.39. The molecule has 6 heteroatoms. The zero-order valence-corrected chi connectivity index (χ0v) is 15.5. The van der Waals surface area contributed by atoms with E-state index in [9.17, 15) is 19.8 Å². The van der Waals surface area contributed by atoms with Crippen molar-refractivity contribution in [2.24, 2.45) is 0 Å². The number of hydrogen-bond donors (Lipinski definition) is 2. The third-order valence-corrected chi connectivity index (χ3v) is 5.22. The molecule has 0 aliphatic heterocycles. The number of carbonyl (C=O) groups is 1. The smallest absolute Gasteiger partial charge is 0.335 e. The van der Waals surface area contributed by atoms with Crippen LogP contribution in [0.25, 0.3) is 21.9 Å². The van der Waals surface area contributed by atoms with Gasteiger partial charge in [0.25, 0.3) is 0 Å². The Hall–Kier alpha value is -2.47. The highest BCUT2D eigenvalue weighted by Crippen LogP contribution is 2.33. The van der Waals surface area contributed by atoms with Gasteiger partial charge in [0.1, 0.15) is 11.3 Å². The highest BCUT2D eigenvalue weighted by Gasteiger charge is 2.20. The predicted octanol–water partition coefficient (Wildman–Crippen LogP) is 4.80. The van der Waals surface area contributed by atoms with Crippen LogP contribution >= 0.6 is 11.8 Å². The second-order valence-electron chi connectivity index (χ2n) is 6.18. The highest BCUT2D eigenvalue weighted by atomic mass is 32.2. The molecule has 0 fully saturated rings. The summed E-state index contributed by atoms with van der Waals surface area (Å²) in [4.78, 5) is 25.5. The van der Waals surface area contributed by atoms with Crippen LogP contribution in [-0.2, 0) is 6.42 Å². The summed E-state index contributed by atoms with van der Waals surface area (Å²) in [6.45, 7) is 2.07. The molecule has 3 rings (SSSR count). The van der Waals surface area contributed by atoms with E-state index in [0.717, 1.165) is 19.3 Å². The fraction of sp³-hybridized carbons (Fsp3) is 0.300. The Morgan fingerprint density at radius 1 is 1.23 bits per heavy atom. The van der Waals surface area contributed by atoms with Gasteiger partial charge in [0.05, 0.1) is 21.2 Å². The van der Waals surface area contributed by atoms with Gasteiger partial charge in [-0.05, 0) is 48.9 Å². The maximum Gasteiger partial charge on any atom is 0.335 e. The van der Waals surface area contributed by atoms with E-state index in [0.29, 0.717) is 33.4 Å². The van der Waals surface area contributed by atoms with Crippen molar-refractivity contribution < 1.29 is 19.4 Å². The number of fused-ring (bicyclic) bond motifs is 2. The van der Waals surface area contributed by atoms with Crippen molar-refractivity contribution in [3.8, 4) is 5.75 Å². The molecule has 0 atom stereocenters. The monoisotopic (exact) mass is 372 g/mol. The Kier molecular flexibility index (Phi) is 5.23. The summed E-state index contributed by atoms with van der Waals surface area (Å²) in [7, 11) is 0. The summed E-state index contributed by atoms with van der Waals surface area (Å²) in [5, 5.41) is 20.0. The lowest BCUT2D eigenvalue weighted by Crippen LogP contribution is -2.11. The van der Waals surface area contributed by atoms with Crippen molar-refractivity contribution in [3.05, 3.63) is 45.6 Å². The summed E-state index contributed by atoms with van der Waals surface area (Å²) in [5.41, 5.74) is 1.12. The van der Waals surface area contributed by atoms with Gasteiger partial charge in [-0.3, -0.25) is 4.79 Å². The number of phenolic OH excluding ortho intramolecular Hbond substituents is 1. The predicted molar refractivity (Wildman–Crippen MR) is 104 cm³/mol. The van der Waals surface area contributed by atoms with E-state index in [1.807, 2.05) is 6.26 Å². The lowest BCUT2D eigenvalue weighted by Gasteiger charge is -2.12. The van der Waals surface area contributed by atoms with Crippen LogP contribution in [-0.4, -0.2) is 22.4 Å². The van der Waals surface area contributed by atoms with E-state index in [2.05, 4.69) is 6.92 Å². The quantitative estimate of drug-likeness (QED) is 0.367. The number of phenols is 1. The van der Waals surface area contributed by atoms with E-state index in [-0.39, 0.29) is 22.1 Å². The third kappa shape index (κ3) is 3.17. The van der Waals surface area contributed by atoms with Crippen molar-refractivity contribution in [1.82, 2.24) is 0 Å². The summed E-state index contributed by atoms with van der Waals surface area (Å²) >= 11 is 1.37. The molecule has 1 heterocycles. The maximum atomic E-state index is 13.2. The number of thioether (sulfide) groups is 1. The van der Waals surface area contributed by atoms with Crippen molar-refractivity contribution >= 4 is 39.7 Å². The average molecular weight is 372 g/mol. The number of aromatic carboxylic acids is 1. The summed E-state index contributed by atoms with van der Waals surface area (Å²) in [5.74, 6) is -1.07. The molecule has 26 heavy (non-hydrogen) atoms. The molecule has 0 amide bonds. The van der Waals surface area contributed by atoms with Crippen LogP contribution in [0.5, 0.6) is 5.75 Å². The van der Waals surface area contributed by atoms with Gasteiger partial charge < -0.3 is 14.6 Å². The second kappa shape index (κ2) is 7.41. The van der Waals surface area contributed by atoms with Crippen molar-refractivity contribution in [3.63, 3.8) is 0 Å². The van der Waals surface area contributed by atoms with Gasteiger partial charge in [0, 0.05) is 0 Å². The molecule has 136 valence electrons. The van der Waals surface area contributed by atoms with Crippen LogP contribution in [0.15, 0.2) is 38.4 Å². The van der Waals surface area contributed by atoms with Gasteiger partial charge in [0.15, 0.2) is 5.58 Å². The van der Waals surface area contributed by atoms with Gasteiger partial charge in [-0.1, -0.05) is 19.8 Å². The molecular formula is C20H20O5S. The molecule has 2 N–H and O–H groups in total. The lowest BCUT2D eigenvalue weighted by molar-refractivity contribution is 0.0696. The van der Waals surface area contributed by atoms with Gasteiger partial charge in [-0.15, -0.1) is 11.8 Å². The highest BCUT2D eigenvalue weighted by molar-refractivity contribution is 7.98. The van der Waals surface area contributed by atoms with Crippen LogP contribution in [0.1, 0.15) is 42.1 Å². The molecule has 0 aliphatic carbocycles. The van der Waals surface area contributed by atoms with Gasteiger partial charge in [-0.2, -0.15) is 0 Å². The summed E-state index contributed by atoms with van der Waals surface area (Å²) in [6, 6.07) is 5.97. The number of aryl methyl sites for hydroxylation is 1. The van der Waals surface area contributed by atoms with E-state index in [1.54, 1.807) is 12.1 Å². The van der Waals surface area contributed by atoms with Crippen molar-refractivity contribution in [1.29, 1.82) is 0 Å². The Labute approximate surface area is 154 Å². The fourth-order valence-corrected chi connectivity index (χ4v) is 3.81. The molecule has 0 aliphatic rings.